The van der Waals surface area contributed by atoms with E-state index in [1.54, 1.807) is 6.92 Å². The lowest BCUT2D eigenvalue weighted by atomic mass is 9.99. The van der Waals surface area contributed by atoms with E-state index >= 15 is 0 Å². The highest BCUT2D eigenvalue weighted by molar-refractivity contribution is 7.11. The minimum atomic E-state index is -4.30. The molecule has 1 N–H and O–H groups in total. The van der Waals surface area contributed by atoms with E-state index in [4.69, 9.17) is 0 Å². The van der Waals surface area contributed by atoms with Gasteiger partial charge in [0.25, 0.3) is 0 Å². The number of rotatable bonds is 1. The highest BCUT2D eigenvalue weighted by atomic mass is 32.1. The molecule has 0 aromatic carbocycles. The van der Waals surface area contributed by atoms with E-state index in [2.05, 4.69) is 10.3 Å². The Labute approximate surface area is 83.2 Å². The first-order valence-corrected chi connectivity index (χ1v) is 5.05. The summed E-state index contributed by atoms with van der Waals surface area (Å²) in [5.74, 6) is 0.169. The third kappa shape index (κ3) is 1.64. The second-order valence-corrected chi connectivity index (χ2v) is 4.52. The minimum Gasteiger partial charge on any atom is -0.315 e. The largest absolute Gasteiger partial charge is 0.443 e. The van der Waals surface area contributed by atoms with Gasteiger partial charge in [-0.15, -0.1) is 11.3 Å². The Morgan fingerprint density at radius 1 is 1.43 bits per heavy atom. The summed E-state index contributed by atoms with van der Waals surface area (Å²) >= 11 is 0.735. The van der Waals surface area contributed by atoms with Crippen molar-refractivity contribution in [2.45, 2.75) is 19.0 Å². The van der Waals surface area contributed by atoms with Crippen molar-refractivity contribution >= 4 is 11.3 Å². The average Bonchev–Trinajstić information content (AvgIpc) is 2.28. The smallest absolute Gasteiger partial charge is 0.315 e. The van der Waals surface area contributed by atoms with Crippen LogP contribution in [0.4, 0.5) is 13.2 Å². The molecule has 0 atom stereocenters. The van der Waals surface area contributed by atoms with Crippen molar-refractivity contribution in [3.63, 3.8) is 0 Å². The summed E-state index contributed by atoms with van der Waals surface area (Å²) in [4.78, 5) is 4.34. The standard InChI is InChI=1S/C8H9F3N2S/c1-4-6(5-2-12-3-5)13-7(14-4)8(9,10)11/h5,12H,2-3H2,1H3. The first kappa shape index (κ1) is 9.92. The zero-order chi connectivity index (χ0) is 10.3. The summed E-state index contributed by atoms with van der Waals surface area (Å²) in [6.07, 6.45) is -4.30. The molecule has 2 nitrogen and oxygen atoms in total. The number of halogens is 3. The van der Waals surface area contributed by atoms with Gasteiger partial charge >= 0.3 is 6.18 Å². The van der Waals surface area contributed by atoms with E-state index in [-0.39, 0.29) is 5.92 Å². The molecular weight excluding hydrogens is 213 g/mol. The van der Waals surface area contributed by atoms with E-state index in [1.165, 1.54) is 0 Å². The van der Waals surface area contributed by atoms with Crippen LogP contribution in [0.15, 0.2) is 0 Å². The van der Waals surface area contributed by atoms with Gasteiger partial charge in [0.05, 0.1) is 5.69 Å². The molecule has 2 rings (SSSR count). The van der Waals surface area contributed by atoms with Crippen molar-refractivity contribution < 1.29 is 13.2 Å². The summed E-state index contributed by atoms with van der Waals surface area (Å²) in [7, 11) is 0. The lowest BCUT2D eigenvalue weighted by molar-refractivity contribution is -0.137. The Morgan fingerprint density at radius 3 is 2.43 bits per heavy atom. The van der Waals surface area contributed by atoms with Crippen LogP contribution >= 0.6 is 11.3 Å². The van der Waals surface area contributed by atoms with Gasteiger partial charge in [0.1, 0.15) is 0 Å². The molecule has 2 heterocycles. The van der Waals surface area contributed by atoms with E-state index in [9.17, 15) is 13.2 Å². The number of aromatic nitrogens is 1. The fourth-order valence-electron chi connectivity index (χ4n) is 1.39. The zero-order valence-corrected chi connectivity index (χ0v) is 8.30. The molecule has 14 heavy (non-hydrogen) atoms. The van der Waals surface area contributed by atoms with Crippen LogP contribution in [0.1, 0.15) is 21.5 Å². The molecule has 78 valence electrons. The first-order valence-electron chi connectivity index (χ1n) is 4.23. The molecule has 1 aliphatic rings. The number of hydrogen-bond acceptors (Lipinski definition) is 3. The molecule has 0 saturated carbocycles. The number of hydrogen-bond donors (Lipinski definition) is 1. The van der Waals surface area contributed by atoms with E-state index < -0.39 is 11.2 Å². The van der Waals surface area contributed by atoms with Gasteiger partial charge in [-0.25, -0.2) is 4.98 Å². The van der Waals surface area contributed by atoms with E-state index in [0.717, 1.165) is 24.4 Å². The lowest BCUT2D eigenvalue weighted by Crippen LogP contribution is -2.40. The second-order valence-electron chi connectivity index (χ2n) is 3.31. The third-order valence-electron chi connectivity index (χ3n) is 2.24. The monoisotopic (exact) mass is 222 g/mol. The predicted molar refractivity (Wildman–Crippen MR) is 47.5 cm³/mol. The van der Waals surface area contributed by atoms with Crippen LogP contribution < -0.4 is 5.32 Å². The van der Waals surface area contributed by atoms with Crippen LogP contribution in [0, 0.1) is 6.92 Å². The number of thiazole rings is 1. The van der Waals surface area contributed by atoms with Gasteiger partial charge in [0.2, 0.25) is 0 Å². The average molecular weight is 222 g/mol. The van der Waals surface area contributed by atoms with Gasteiger partial charge in [-0.3, -0.25) is 0 Å². The van der Waals surface area contributed by atoms with Crippen LogP contribution in [0.5, 0.6) is 0 Å². The molecule has 0 radical (unpaired) electrons. The summed E-state index contributed by atoms with van der Waals surface area (Å²) in [5.41, 5.74) is 0.612. The van der Waals surface area contributed by atoms with Gasteiger partial charge in [-0.2, -0.15) is 13.2 Å². The topological polar surface area (TPSA) is 24.9 Å². The molecule has 0 amide bonds. The Bertz CT molecular complexity index is 341. The Morgan fingerprint density at radius 2 is 2.07 bits per heavy atom. The Balaban J connectivity index is 2.29. The highest BCUT2D eigenvalue weighted by Crippen LogP contribution is 2.36. The summed E-state index contributed by atoms with van der Waals surface area (Å²) in [6, 6.07) is 0. The Hall–Kier alpha value is -0.620. The van der Waals surface area contributed by atoms with E-state index in [0.29, 0.717) is 10.6 Å². The van der Waals surface area contributed by atoms with Gasteiger partial charge in [-0.05, 0) is 6.92 Å². The Kier molecular flexibility index (Phi) is 2.27. The maximum Gasteiger partial charge on any atom is 0.443 e. The van der Waals surface area contributed by atoms with Crippen molar-refractivity contribution in [2.75, 3.05) is 13.1 Å². The van der Waals surface area contributed by atoms with Gasteiger partial charge in [0, 0.05) is 23.9 Å². The van der Waals surface area contributed by atoms with Crippen molar-refractivity contribution in [3.05, 3.63) is 15.6 Å². The maximum absolute atomic E-state index is 12.3. The molecule has 0 bridgehead atoms. The molecule has 6 heteroatoms. The normalized spacial score (nSPS) is 18.3. The minimum absolute atomic E-state index is 0.169. The maximum atomic E-state index is 12.3. The molecule has 0 unspecified atom stereocenters. The van der Waals surface area contributed by atoms with E-state index in [1.807, 2.05) is 0 Å². The quantitative estimate of drug-likeness (QED) is 0.787. The summed E-state index contributed by atoms with van der Waals surface area (Å²) in [5, 5.41) is 2.29. The van der Waals surface area contributed by atoms with Crippen LogP contribution in [-0.4, -0.2) is 18.1 Å². The molecule has 1 fully saturated rings. The van der Waals surface area contributed by atoms with Gasteiger partial charge in [-0.1, -0.05) is 0 Å². The van der Waals surface area contributed by atoms with Crippen molar-refractivity contribution in [3.8, 4) is 0 Å². The van der Waals surface area contributed by atoms with Crippen LogP contribution in [0.2, 0.25) is 0 Å². The summed E-state index contributed by atoms with van der Waals surface area (Å²) in [6.45, 7) is 3.17. The zero-order valence-electron chi connectivity index (χ0n) is 7.48. The first-order chi connectivity index (χ1) is 6.48. The third-order valence-corrected chi connectivity index (χ3v) is 3.27. The SMILES string of the molecule is Cc1sc(C(F)(F)F)nc1C1CNC1. The molecule has 1 aromatic heterocycles. The highest BCUT2D eigenvalue weighted by Gasteiger charge is 2.37. The van der Waals surface area contributed by atoms with Crippen LogP contribution in [0.25, 0.3) is 0 Å². The fourth-order valence-corrected chi connectivity index (χ4v) is 2.26. The lowest BCUT2D eigenvalue weighted by Gasteiger charge is -2.25. The molecule has 0 aliphatic carbocycles. The molecule has 1 aliphatic heterocycles. The van der Waals surface area contributed by atoms with Gasteiger partial charge < -0.3 is 5.32 Å². The van der Waals surface area contributed by atoms with Crippen LogP contribution in [0.3, 0.4) is 0 Å². The van der Waals surface area contributed by atoms with Crippen LogP contribution in [-0.2, 0) is 6.18 Å². The summed E-state index contributed by atoms with van der Waals surface area (Å²) < 4.78 is 36.9. The molecule has 1 saturated heterocycles. The number of nitrogens with zero attached hydrogens (tertiary/aromatic N) is 1. The fraction of sp³-hybridized carbons (Fsp3) is 0.625. The molecule has 0 spiro atoms. The molecular formula is C8H9F3N2S. The number of aryl methyl sites for hydroxylation is 1. The van der Waals surface area contributed by atoms with Gasteiger partial charge in [0.15, 0.2) is 5.01 Å². The number of nitrogens with one attached hydrogen (secondary N) is 1. The second kappa shape index (κ2) is 3.20. The predicted octanol–water partition coefficient (Wildman–Crippen LogP) is 2.16. The molecule has 1 aromatic rings. The van der Waals surface area contributed by atoms with Crippen molar-refractivity contribution in [1.29, 1.82) is 0 Å². The van der Waals surface area contributed by atoms with Crippen molar-refractivity contribution in [2.24, 2.45) is 0 Å². The van der Waals surface area contributed by atoms with Crippen molar-refractivity contribution in [1.82, 2.24) is 10.3 Å². The number of alkyl halides is 3.